The molecule has 0 saturated heterocycles. The van der Waals surface area contributed by atoms with Gasteiger partial charge < -0.3 is 20.9 Å². The fraction of sp³-hybridized carbons (Fsp3) is 0.200. The SMILES string of the molecule is COc1cc(C(N)=CN)c([N+](=O)[O-])cc1OC. The highest BCUT2D eigenvalue weighted by Gasteiger charge is 2.20. The maximum Gasteiger partial charge on any atom is 0.282 e. The summed E-state index contributed by atoms with van der Waals surface area (Å²) in [6.45, 7) is 0. The van der Waals surface area contributed by atoms with Gasteiger partial charge in [-0.05, 0) is 0 Å². The van der Waals surface area contributed by atoms with Gasteiger partial charge in [-0.1, -0.05) is 0 Å². The molecule has 0 atom stereocenters. The number of nitro benzene ring substituents is 1. The van der Waals surface area contributed by atoms with Gasteiger partial charge in [-0.15, -0.1) is 0 Å². The molecule has 1 rings (SSSR count). The van der Waals surface area contributed by atoms with Crippen molar-refractivity contribution >= 4 is 11.4 Å². The molecular formula is C10H13N3O4. The van der Waals surface area contributed by atoms with Crippen LogP contribution in [0.15, 0.2) is 18.3 Å². The van der Waals surface area contributed by atoms with Crippen LogP contribution in [0.1, 0.15) is 5.56 Å². The molecule has 1 aromatic rings. The molecule has 0 aliphatic rings. The summed E-state index contributed by atoms with van der Waals surface area (Å²) in [5.74, 6) is 0.602. The summed E-state index contributed by atoms with van der Waals surface area (Å²) in [7, 11) is 2.82. The Morgan fingerprint density at radius 2 is 1.88 bits per heavy atom. The minimum Gasteiger partial charge on any atom is -0.493 e. The standard InChI is InChI=1S/C10H13N3O4/c1-16-9-3-6(7(12)5-11)8(13(14)15)4-10(9)17-2/h3-5H,11-12H2,1-2H3. The zero-order valence-corrected chi connectivity index (χ0v) is 9.47. The van der Waals surface area contributed by atoms with Crippen molar-refractivity contribution in [2.45, 2.75) is 0 Å². The maximum atomic E-state index is 10.9. The van der Waals surface area contributed by atoms with E-state index in [-0.39, 0.29) is 22.7 Å². The van der Waals surface area contributed by atoms with E-state index in [4.69, 9.17) is 20.9 Å². The summed E-state index contributed by atoms with van der Waals surface area (Å²) in [4.78, 5) is 10.3. The van der Waals surface area contributed by atoms with Crippen molar-refractivity contribution in [3.05, 3.63) is 34.0 Å². The van der Waals surface area contributed by atoms with Crippen LogP contribution in [0, 0.1) is 10.1 Å². The summed E-state index contributed by atoms with van der Waals surface area (Å²) in [6, 6.07) is 2.65. The number of rotatable bonds is 4. The molecule has 0 spiro atoms. The van der Waals surface area contributed by atoms with Gasteiger partial charge >= 0.3 is 0 Å². The van der Waals surface area contributed by atoms with Gasteiger partial charge in [0.2, 0.25) is 0 Å². The molecule has 17 heavy (non-hydrogen) atoms. The fourth-order valence-electron chi connectivity index (χ4n) is 1.34. The van der Waals surface area contributed by atoms with Crippen molar-refractivity contribution in [3.63, 3.8) is 0 Å². The van der Waals surface area contributed by atoms with Gasteiger partial charge in [0.05, 0.1) is 36.5 Å². The molecule has 0 radical (unpaired) electrons. The van der Waals surface area contributed by atoms with Crippen LogP contribution in [0.4, 0.5) is 5.69 Å². The number of nitrogens with two attached hydrogens (primary N) is 2. The zero-order valence-electron chi connectivity index (χ0n) is 9.47. The Morgan fingerprint density at radius 3 is 2.29 bits per heavy atom. The third-order valence-electron chi connectivity index (χ3n) is 2.19. The lowest BCUT2D eigenvalue weighted by molar-refractivity contribution is -0.385. The average Bonchev–Trinajstić information content (AvgIpc) is 2.35. The van der Waals surface area contributed by atoms with Crippen LogP contribution >= 0.6 is 0 Å². The van der Waals surface area contributed by atoms with Crippen LogP contribution in [0.25, 0.3) is 5.70 Å². The van der Waals surface area contributed by atoms with Crippen LogP contribution in [0.2, 0.25) is 0 Å². The van der Waals surface area contributed by atoms with Gasteiger partial charge in [-0.25, -0.2) is 0 Å². The van der Waals surface area contributed by atoms with Crippen LogP contribution < -0.4 is 20.9 Å². The van der Waals surface area contributed by atoms with E-state index in [0.29, 0.717) is 5.75 Å². The van der Waals surface area contributed by atoms with Crippen LogP contribution in [0.5, 0.6) is 11.5 Å². The largest absolute Gasteiger partial charge is 0.493 e. The summed E-state index contributed by atoms with van der Waals surface area (Å²) in [5, 5.41) is 10.9. The van der Waals surface area contributed by atoms with Gasteiger partial charge in [0.15, 0.2) is 11.5 Å². The summed E-state index contributed by atoms with van der Waals surface area (Å²) in [6.07, 6.45) is 1.09. The molecule has 0 aromatic heterocycles. The quantitative estimate of drug-likeness (QED) is 0.594. The second-order valence-corrected chi connectivity index (χ2v) is 3.10. The van der Waals surface area contributed by atoms with Crippen molar-refractivity contribution in [1.82, 2.24) is 0 Å². The lowest BCUT2D eigenvalue weighted by atomic mass is 10.1. The highest BCUT2D eigenvalue weighted by molar-refractivity contribution is 5.73. The summed E-state index contributed by atoms with van der Waals surface area (Å²) < 4.78 is 10.0. The number of nitrogens with zero attached hydrogens (tertiary/aromatic N) is 1. The van der Waals surface area contributed by atoms with Crippen LogP contribution in [-0.4, -0.2) is 19.1 Å². The van der Waals surface area contributed by atoms with E-state index in [1.165, 1.54) is 26.4 Å². The molecule has 1 aromatic carbocycles. The van der Waals surface area contributed by atoms with Crippen LogP contribution in [0.3, 0.4) is 0 Å². The molecule has 0 aliphatic carbocycles. The first-order valence-electron chi connectivity index (χ1n) is 4.63. The number of hydrogen-bond donors (Lipinski definition) is 2. The van der Waals surface area contributed by atoms with Gasteiger partial charge in [0, 0.05) is 12.3 Å². The zero-order chi connectivity index (χ0) is 13.0. The average molecular weight is 239 g/mol. The molecule has 0 saturated carbocycles. The normalized spacial score (nSPS) is 11.1. The van der Waals surface area contributed by atoms with E-state index < -0.39 is 4.92 Å². The molecule has 0 heterocycles. The Kier molecular flexibility index (Phi) is 3.76. The first-order chi connectivity index (χ1) is 8.04. The third-order valence-corrected chi connectivity index (χ3v) is 2.19. The van der Waals surface area contributed by atoms with E-state index in [1.807, 2.05) is 0 Å². The fourth-order valence-corrected chi connectivity index (χ4v) is 1.34. The maximum absolute atomic E-state index is 10.9. The Morgan fingerprint density at radius 1 is 1.35 bits per heavy atom. The number of hydrogen-bond acceptors (Lipinski definition) is 6. The molecule has 4 N–H and O–H groups in total. The molecule has 0 amide bonds. The Bertz CT molecular complexity index is 471. The van der Waals surface area contributed by atoms with Gasteiger partial charge in [-0.3, -0.25) is 10.1 Å². The monoisotopic (exact) mass is 239 g/mol. The summed E-state index contributed by atoms with van der Waals surface area (Å²) >= 11 is 0. The first kappa shape index (κ1) is 12.6. The molecule has 0 bridgehead atoms. The highest BCUT2D eigenvalue weighted by atomic mass is 16.6. The molecule has 7 heteroatoms. The molecule has 92 valence electrons. The number of nitro groups is 1. The molecule has 0 unspecified atom stereocenters. The topological polar surface area (TPSA) is 114 Å². The highest BCUT2D eigenvalue weighted by Crippen LogP contribution is 2.36. The molecule has 0 fully saturated rings. The second-order valence-electron chi connectivity index (χ2n) is 3.10. The predicted octanol–water partition coefficient (Wildman–Crippen LogP) is 0.828. The van der Waals surface area contributed by atoms with E-state index >= 15 is 0 Å². The second kappa shape index (κ2) is 5.06. The molecular weight excluding hydrogens is 226 g/mol. The van der Waals surface area contributed by atoms with Crippen LogP contribution in [-0.2, 0) is 0 Å². The van der Waals surface area contributed by atoms with Gasteiger partial charge in [0.25, 0.3) is 5.69 Å². The number of methoxy groups -OCH3 is 2. The summed E-state index contributed by atoms with van der Waals surface area (Å²) in [5.41, 5.74) is 10.9. The van der Waals surface area contributed by atoms with Crippen molar-refractivity contribution in [2.24, 2.45) is 11.5 Å². The Labute approximate surface area is 97.8 Å². The van der Waals surface area contributed by atoms with Gasteiger partial charge in [0.1, 0.15) is 0 Å². The Hall–Kier alpha value is -2.44. The van der Waals surface area contributed by atoms with E-state index in [2.05, 4.69) is 0 Å². The minimum absolute atomic E-state index is 0.0950. The van der Waals surface area contributed by atoms with E-state index in [0.717, 1.165) is 6.20 Å². The van der Waals surface area contributed by atoms with Crippen molar-refractivity contribution in [2.75, 3.05) is 14.2 Å². The minimum atomic E-state index is -0.562. The van der Waals surface area contributed by atoms with Gasteiger partial charge in [-0.2, -0.15) is 0 Å². The first-order valence-corrected chi connectivity index (χ1v) is 4.63. The predicted molar refractivity (Wildman–Crippen MR) is 62.6 cm³/mol. The van der Waals surface area contributed by atoms with E-state index in [1.54, 1.807) is 0 Å². The number of benzene rings is 1. The number of ether oxygens (including phenoxy) is 2. The third kappa shape index (κ3) is 2.39. The lowest BCUT2D eigenvalue weighted by Crippen LogP contribution is -2.05. The van der Waals surface area contributed by atoms with E-state index in [9.17, 15) is 10.1 Å². The van der Waals surface area contributed by atoms with Crippen molar-refractivity contribution < 1.29 is 14.4 Å². The van der Waals surface area contributed by atoms with Crippen molar-refractivity contribution in [3.8, 4) is 11.5 Å². The smallest absolute Gasteiger partial charge is 0.282 e. The molecule has 7 nitrogen and oxygen atoms in total. The molecule has 0 aliphatic heterocycles. The van der Waals surface area contributed by atoms with Crippen molar-refractivity contribution in [1.29, 1.82) is 0 Å². The Balaban J connectivity index is 3.51. The lowest BCUT2D eigenvalue weighted by Gasteiger charge is -2.10.